The first-order valence-electron chi connectivity index (χ1n) is 12.8. The van der Waals surface area contributed by atoms with Crippen LogP contribution in [-0.2, 0) is 16.0 Å². The molecule has 0 spiro atoms. The predicted molar refractivity (Wildman–Crippen MR) is 146 cm³/mol. The summed E-state index contributed by atoms with van der Waals surface area (Å²) in [5, 5.41) is 3.82. The molecule has 9 heteroatoms. The Kier molecular flexibility index (Phi) is 6.28. The number of nitrogens with zero attached hydrogens (tertiary/aromatic N) is 2. The Morgan fingerprint density at radius 1 is 1.00 bits per heavy atom. The molecule has 1 saturated heterocycles. The van der Waals surface area contributed by atoms with Gasteiger partial charge in [-0.15, -0.1) is 0 Å². The van der Waals surface area contributed by atoms with Gasteiger partial charge >= 0.3 is 6.03 Å². The molecule has 2 atom stereocenters. The first-order chi connectivity index (χ1) is 19.0. The molecule has 0 bridgehead atoms. The lowest BCUT2D eigenvalue weighted by atomic mass is 9.89. The van der Waals surface area contributed by atoms with Crippen molar-refractivity contribution in [2.24, 2.45) is 0 Å². The molecule has 198 valence electrons. The first kappa shape index (κ1) is 24.7. The molecule has 2 unspecified atom stereocenters. The Morgan fingerprint density at radius 2 is 1.74 bits per heavy atom. The molecule has 3 heterocycles. The molecule has 4 aromatic rings. The number of fused-ring (bicyclic) bond motifs is 4. The summed E-state index contributed by atoms with van der Waals surface area (Å²) in [7, 11) is 3.15. The Bertz CT molecular complexity index is 1580. The standard InChI is InChI=1S/C30H28N4O5/c1-38-16-15-31-28(35)21-8-4-6-10-24(21)34-29(36)25-17-22-20-7-3-5-9-23(20)32-26(22)27(33(25)30(34)37)18-11-13-19(39-2)14-12-18/h3-14,25,27,32H,15-17H2,1-2H3,(H,31,35). The van der Waals surface area contributed by atoms with E-state index in [-0.39, 0.29) is 23.1 Å². The van der Waals surface area contributed by atoms with E-state index in [0.717, 1.165) is 32.6 Å². The topological polar surface area (TPSA) is 104 Å². The maximum atomic E-state index is 14.2. The molecule has 39 heavy (non-hydrogen) atoms. The van der Waals surface area contributed by atoms with Crippen LogP contribution >= 0.6 is 0 Å². The van der Waals surface area contributed by atoms with Gasteiger partial charge in [-0.3, -0.25) is 14.5 Å². The minimum atomic E-state index is -0.721. The summed E-state index contributed by atoms with van der Waals surface area (Å²) in [6.45, 7) is 0.655. The Hall–Kier alpha value is -4.63. The number of hydrogen-bond acceptors (Lipinski definition) is 5. The van der Waals surface area contributed by atoms with Gasteiger partial charge in [0.1, 0.15) is 17.8 Å². The molecule has 9 nitrogen and oxygen atoms in total. The molecule has 0 radical (unpaired) electrons. The van der Waals surface area contributed by atoms with Crippen molar-refractivity contribution in [1.82, 2.24) is 15.2 Å². The number of H-pyrrole nitrogens is 1. The summed E-state index contributed by atoms with van der Waals surface area (Å²) in [5.74, 6) is -0.0375. The maximum Gasteiger partial charge on any atom is 0.332 e. The number of amides is 4. The summed E-state index contributed by atoms with van der Waals surface area (Å²) in [4.78, 5) is 47.5. The zero-order valence-electron chi connectivity index (χ0n) is 21.6. The number of carbonyl (C=O) groups is 3. The summed E-state index contributed by atoms with van der Waals surface area (Å²) in [6.07, 6.45) is 0.370. The van der Waals surface area contributed by atoms with Gasteiger partial charge < -0.3 is 19.8 Å². The smallest absolute Gasteiger partial charge is 0.332 e. The number of imide groups is 1. The van der Waals surface area contributed by atoms with Gasteiger partial charge in [0, 0.05) is 36.7 Å². The van der Waals surface area contributed by atoms with Crippen LogP contribution < -0.4 is 15.0 Å². The average Bonchev–Trinajstić information content (AvgIpc) is 3.46. The number of aromatic amines is 1. The van der Waals surface area contributed by atoms with Crippen LogP contribution in [0.2, 0.25) is 0 Å². The van der Waals surface area contributed by atoms with E-state index in [1.807, 2.05) is 48.5 Å². The van der Waals surface area contributed by atoms with E-state index in [1.54, 1.807) is 43.4 Å². The van der Waals surface area contributed by atoms with E-state index in [4.69, 9.17) is 9.47 Å². The summed E-state index contributed by atoms with van der Waals surface area (Å²) in [6, 6.07) is 20.5. The van der Waals surface area contributed by atoms with Crippen molar-refractivity contribution in [3.05, 3.63) is 95.2 Å². The number of carbonyl (C=O) groups excluding carboxylic acids is 3. The average molecular weight is 525 g/mol. The second-order valence-corrected chi connectivity index (χ2v) is 9.59. The molecule has 6 rings (SSSR count). The van der Waals surface area contributed by atoms with E-state index in [0.29, 0.717) is 25.3 Å². The molecule has 2 aliphatic heterocycles. The van der Waals surface area contributed by atoms with Crippen LogP contribution in [0.25, 0.3) is 10.9 Å². The monoisotopic (exact) mass is 524 g/mol. The summed E-state index contributed by atoms with van der Waals surface area (Å²) >= 11 is 0. The quantitative estimate of drug-likeness (QED) is 0.281. The van der Waals surface area contributed by atoms with E-state index in [9.17, 15) is 14.4 Å². The highest BCUT2D eigenvalue weighted by atomic mass is 16.5. The van der Waals surface area contributed by atoms with Crippen LogP contribution in [-0.4, -0.2) is 61.1 Å². The second kappa shape index (κ2) is 9.92. The van der Waals surface area contributed by atoms with E-state index >= 15 is 0 Å². The Balaban J connectivity index is 1.45. The molecule has 2 N–H and O–H groups in total. The van der Waals surface area contributed by atoms with Gasteiger partial charge in [0.05, 0.1) is 25.0 Å². The van der Waals surface area contributed by atoms with Crippen molar-refractivity contribution < 1.29 is 23.9 Å². The summed E-state index contributed by atoms with van der Waals surface area (Å²) in [5.41, 5.74) is 4.21. The van der Waals surface area contributed by atoms with Gasteiger partial charge in [-0.1, -0.05) is 42.5 Å². The minimum absolute atomic E-state index is 0.250. The number of methoxy groups -OCH3 is 2. The number of benzene rings is 3. The highest BCUT2D eigenvalue weighted by Crippen LogP contribution is 2.45. The number of para-hydroxylation sites is 2. The van der Waals surface area contributed by atoms with Crippen LogP contribution in [0.15, 0.2) is 72.8 Å². The van der Waals surface area contributed by atoms with Gasteiger partial charge in [0.25, 0.3) is 11.8 Å². The second-order valence-electron chi connectivity index (χ2n) is 9.59. The van der Waals surface area contributed by atoms with E-state index in [1.165, 1.54) is 0 Å². The normalized spacial score (nSPS) is 18.3. The lowest BCUT2D eigenvalue weighted by Gasteiger charge is -2.36. The number of ether oxygens (including phenoxy) is 2. The third-order valence-corrected chi connectivity index (χ3v) is 7.46. The van der Waals surface area contributed by atoms with Crippen molar-refractivity contribution in [1.29, 1.82) is 0 Å². The number of hydrogen-bond donors (Lipinski definition) is 2. The van der Waals surface area contributed by atoms with Crippen molar-refractivity contribution >= 4 is 34.4 Å². The molecule has 0 saturated carbocycles. The van der Waals surface area contributed by atoms with Crippen molar-refractivity contribution in [2.75, 3.05) is 32.3 Å². The number of rotatable bonds is 7. The molecule has 1 aromatic heterocycles. The molecule has 4 amide bonds. The SMILES string of the molecule is COCCNC(=O)c1ccccc1N1C(=O)C2Cc3c([nH]c4ccccc34)C(c3ccc(OC)cc3)N2C1=O. The minimum Gasteiger partial charge on any atom is -0.497 e. The van der Waals surface area contributed by atoms with E-state index in [2.05, 4.69) is 10.3 Å². The zero-order chi connectivity index (χ0) is 27.1. The zero-order valence-corrected chi connectivity index (χ0v) is 21.6. The number of aromatic nitrogens is 1. The number of urea groups is 1. The molecule has 2 aliphatic rings. The van der Waals surface area contributed by atoms with Gasteiger partial charge in [0.15, 0.2) is 0 Å². The Morgan fingerprint density at radius 3 is 2.51 bits per heavy atom. The third-order valence-electron chi connectivity index (χ3n) is 7.46. The predicted octanol–water partition coefficient (Wildman–Crippen LogP) is 4.04. The molecule has 1 fully saturated rings. The lowest BCUT2D eigenvalue weighted by molar-refractivity contribution is -0.120. The highest BCUT2D eigenvalue weighted by molar-refractivity contribution is 6.24. The van der Waals surface area contributed by atoms with Crippen LogP contribution in [0.3, 0.4) is 0 Å². The van der Waals surface area contributed by atoms with Crippen LogP contribution in [0, 0.1) is 0 Å². The lowest BCUT2D eigenvalue weighted by Crippen LogP contribution is -2.44. The first-order valence-corrected chi connectivity index (χ1v) is 12.8. The fourth-order valence-corrected chi connectivity index (χ4v) is 5.65. The van der Waals surface area contributed by atoms with Gasteiger partial charge in [-0.25, -0.2) is 9.69 Å². The van der Waals surface area contributed by atoms with Crippen LogP contribution in [0.5, 0.6) is 5.75 Å². The van der Waals surface area contributed by atoms with Gasteiger partial charge in [-0.2, -0.15) is 0 Å². The van der Waals surface area contributed by atoms with Crippen molar-refractivity contribution in [2.45, 2.75) is 18.5 Å². The molecule has 3 aromatic carbocycles. The largest absolute Gasteiger partial charge is 0.497 e. The van der Waals surface area contributed by atoms with Crippen LogP contribution in [0.4, 0.5) is 10.5 Å². The molecular formula is C30H28N4O5. The fourth-order valence-electron chi connectivity index (χ4n) is 5.65. The fraction of sp³-hybridized carbons (Fsp3) is 0.233. The highest BCUT2D eigenvalue weighted by Gasteiger charge is 2.53. The maximum absolute atomic E-state index is 14.2. The van der Waals surface area contributed by atoms with Gasteiger partial charge in [0.2, 0.25) is 0 Å². The number of nitrogens with one attached hydrogen (secondary N) is 2. The molecular weight excluding hydrogens is 496 g/mol. The summed E-state index contributed by atoms with van der Waals surface area (Å²) < 4.78 is 10.4. The molecule has 0 aliphatic carbocycles. The number of anilines is 1. The van der Waals surface area contributed by atoms with Gasteiger partial charge in [-0.05, 0) is 41.5 Å². The van der Waals surface area contributed by atoms with E-state index < -0.39 is 18.1 Å². The van der Waals surface area contributed by atoms with Crippen molar-refractivity contribution in [3.63, 3.8) is 0 Å². The van der Waals surface area contributed by atoms with Crippen LogP contribution in [0.1, 0.15) is 33.2 Å². The Labute approximate surface area is 225 Å². The third kappa shape index (κ3) is 4.02. The van der Waals surface area contributed by atoms with Crippen molar-refractivity contribution in [3.8, 4) is 5.75 Å².